The quantitative estimate of drug-likeness (QED) is 0.0544. The van der Waals surface area contributed by atoms with Crippen molar-refractivity contribution < 1.29 is 33.5 Å². The van der Waals surface area contributed by atoms with Crippen molar-refractivity contribution in [2.75, 3.05) is 18.4 Å². The number of fused-ring (bicyclic) bond motifs is 1. The number of unbranched alkanes of at least 4 members (excludes halogenated alkanes) is 4. The number of β-amino-alcohol motifs (C(OH)–C–C–N with tert-alkyl or cyclic N) is 1. The van der Waals surface area contributed by atoms with Crippen molar-refractivity contribution in [1.29, 1.82) is 0 Å². The highest BCUT2D eigenvalue weighted by Gasteiger charge is 2.44. The molecule has 61 heavy (non-hydrogen) atoms. The number of anilines is 1. The molecule has 2 aliphatic rings. The highest BCUT2D eigenvalue weighted by molar-refractivity contribution is 7.13. The number of nitrogens with zero attached hydrogens (tertiary/aromatic N) is 2. The lowest BCUT2D eigenvalue weighted by Gasteiger charge is -2.35. The monoisotopic (exact) mass is 853 g/mol. The number of hydrogen-bond acceptors (Lipinski definition) is 8. The topological polar surface area (TPSA) is 186 Å². The minimum Gasteiger partial charge on any atom is -0.391 e. The van der Waals surface area contributed by atoms with Gasteiger partial charge in [-0.3, -0.25) is 24.0 Å². The zero-order valence-electron chi connectivity index (χ0n) is 35.7. The fourth-order valence-electron chi connectivity index (χ4n) is 7.95. The van der Waals surface area contributed by atoms with E-state index in [1.807, 2.05) is 57.5 Å². The number of aliphatic hydroxyl groups excluding tert-OH is 1. The number of carbonyl (C=O) groups excluding carboxylic acids is 5. The van der Waals surface area contributed by atoms with Gasteiger partial charge < -0.3 is 36.3 Å². The number of amides is 5. The van der Waals surface area contributed by atoms with Crippen LogP contribution in [0.5, 0.6) is 0 Å². The number of halogens is 1. The van der Waals surface area contributed by atoms with Gasteiger partial charge in [-0.1, -0.05) is 64.3 Å². The number of rotatable bonds is 16. The van der Waals surface area contributed by atoms with Crippen LogP contribution in [0.3, 0.4) is 0 Å². The molecule has 6 rings (SSSR count). The van der Waals surface area contributed by atoms with Crippen LogP contribution in [0.1, 0.15) is 110 Å². The first-order valence-electron chi connectivity index (χ1n) is 20.9. The van der Waals surface area contributed by atoms with Crippen molar-refractivity contribution >= 4 is 58.2 Å². The Labute approximate surface area is 360 Å². The molecule has 0 spiro atoms. The number of aliphatic hydroxyl groups is 1. The summed E-state index contributed by atoms with van der Waals surface area (Å²) < 4.78 is 13.9. The average Bonchev–Trinajstić information content (AvgIpc) is 3.97. The standard InChI is InChI=1S/C46H56FN7O6S/c1-26-36(22-34-33-20-31(47)17-18-35(33)52-42(34)57)51-27(2)39(26)44(59)48-19-11-9-7-8-10-12-38(56)53-41(46(4,5)6)45(60)54-24-32(55)21-37(54)43(58)49-23-29-13-15-30(16-14-29)40-28(3)50-25-61-40/h13-18,20,22,25,32,37,41,51,55H,7-12,19,21,23-24H2,1-6H3,(H,48,59)(H,49,58)(H,52,57)(H,53,56)/b34-22-/t32-,37+,41-/m1/s1. The number of benzene rings is 2. The second-order valence-corrected chi connectivity index (χ2v) is 17.9. The van der Waals surface area contributed by atoms with E-state index in [4.69, 9.17) is 0 Å². The van der Waals surface area contributed by atoms with Crippen LogP contribution < -0.4 is 21.3 Å². The Morgan fingerprint density at radius 1 is 1.02 bits per heavy atom. The highest BCUT2D eigenvalue weighted by Crippen LogP contribution is 2.35. The number of aryl methyl sites for hydroxylation is 2. The maximum atomic E-state index is 14.0. The molecule has 0 saturated carbocycles. The summed E-state index contributed by atoms with van der Waals surface area (Å²) in [7, 11) is 0. The Morgan fingerprint density at radius 3 is 2.44 bits per heavy atom. The van der Waals surface area contributed by atoms with Crippen molar-refractivity contribution in [2.24, 2.45) is 5.41 Å². The van der Waals surface area contributed by atoms with E-state index >= 15 is 0 Å². The molecule has 3 atom stereocenters. The molecule has 0 radical (unpaired) electrons. The van der Waals surface area contributed by atoms with Crippen LogP contribution in [0.25, 0.3) is 22.1 Å². The van der Waals surface area contributed by atoms with Gasteiger partial charge in [0.1, 0.15) is 17.9 Å². The van der Waals surface area contributed by atoms with Crippen molar-refractivity contribution in [2.45, 2.75) is 111 Å². The zero-order valence-corrected chi connectivity index (χ0v) is 36.5. The minimum absolute atomic E-state index is 0.00510. The predicted molar refractivity (Wildman–Crippen MR) is 235 cm³/mol. The molecule has 2 aromatic carbocycles. The van der Waals surface area contributed by atoms with Crippen LogP contribution in [0.2, 0.25) is 0 Å². The summed E-state index contributed by atoms with van der Waals surface area (Å²) in [4.78, 5) is 76.3. The lowest BCUT2D eigenvalue weighted by atomic mass is 9.85. The van der Waals surface area contributed by atoms with Crippen molar-refractivity contribution in [3.05, 3.63) is 93.1 Å². The van der Waals surface area contributed by atoms with Crippen LogP contribution >= 0.6 is 11.3 Å². The van der Waals surface area contributed by atoms with Crippen LogP contribution in [-0.2, 0) is 25.7 Å². The van der Waals surface area contributed by atoms with Crippen LogP contribution in [-0.4, -0.2) is 80.8 Å². The molecule has 0 unspecified atom stereocenters. The number of aromatic nitrogens is 2. The Bertz CT molecular complexity index is 2310. The molecule has 15 heteroatoms. The van der Waals surface area contributed by atoms with Crippen LogP contribution in [0.15, 0.2) is 48.0 Å². The summed E-state index contributed by atoms with van der Waals surface area (Å²) in [6.07, 6.45) is 4.99. The summed E-state index contributed by atoms with van der Waals surface area (Å²) in [6.45, 7) is 11.9. The number of likely N-dealkylation sites (tertiary alicyclic amines) is 1. The fourth-order valence-corrected chi connectivity index (χ4v) is 8.76. The van der Waals surface area contributed by atoms with Gasteiger partial charge in [-0.25, -0.2) is 9.37 Å². The molecule has 13 nitrogen and oxygen atoms in total. The number of thiazole rings is 1. The van der Waals surface area contributed by atoms with Gasteiger partial charge >= 0.3 is 0 Å². The van der Waals surface area contributed by atoms with Crippen molar-refractivity contribution in [3.8, 4) is 10.4 Å². The van der Waals surface area contributed by atoms with Crippen molar-refractivity contribution in [3.63, 3.8) is 0 Å². The SMILES string of the molecule is Cc1ncsc1-c1ccc(CNC(=O)[C@@H]2C[C@@H](O)CN2C(=O)[C@@H](NC(=O)CCCCCCCNC(=O)c2c(C)[nH]c(/C=C3\C(=O)Nc4ccc(F)cc43)c2C)C(C)(C)C)cc1. The molecule has 2 aromatic heterocycles. The van der Waals surface area contributed by atoms with E-state index in [2.05, 4.69) is 31.2 Å². The number of aromatic amines is 1. The maximum Gasteiger partial charge on any atom is 0.256 e. The summed E-state index contributed by atoms with van der Waals surface area (Å²) in [6, 6.07) is 10.2. The van der Waals surface area contributed by atoms with E-state index < -0.39 is 35.3 Å². The van der Waals surface area contributed by atoms with Gasteiger partial charge in [0.25, 0.3) is 11.8 Å². The molecule has 4 aromatic rings. The van der Waals surface area contributed by atoms with Crippen LogP contribution in [0.4, 0.5) is 10.1 Å². The normalized spacial score (nSPS) is 17.3. The third-order valence-corrected chi connectivity index (χ3v) is 12.3. The lowest BCUT2D eigenvalue weighted by molar-refractivity contribution is -0.144. The number of H-pyrrole nitrogens is 1. The molecule has 2 aliphatic heterocycles. The third kappa shape index (κ3) is 10.8. The lowest BCUT2D eigenvalue weighted by Crippen LogP contribution is -2.57. The van der Waals surface area contributed by atoms with Gasteiger partial charge in [-0.05, 0) is 80.0 Å². The van der Waals surface area contributed by atoms with E-state index in [1.54, 1.807) is 31.3 Å². The second-order valence-electron chi connectivity index (χ2n) is 17.1. The van der Waals surface area contributed by atoms with Gasteiger partial charge in [0.05, 0.1) is 33.3 Å². The smallest absolute Gasteiger partial charge is 0.256 e. The fraction of sp³-hybridized carbons (Fsp3) is 0.435. The third-order valence-electron chi connectivity index (χ3n) is 11.3. The molecular formula is C46H56FN7O6S. The van der Waals surface area contributed by atoms with E-state index in [0.29, 0.717) is 52.3 Å². The van der Waals surface area contributed by atoms with Gasteiger partial charge in [0, 0.05) is 55.1 Å². The first kappa shape index (κ1) is 44.9. The molecular weight excluding hydrogens is 798 g/mol. The molecule has 1 saturated heterocycles. The Balaban J connectivity index is 0.919. The molecule has 0 aliphatic carbocycles. The van der Waals surface area contributed by atoms with E-state index in [1.165, 1.54) is 23.1 Å². The molecule has 5 amide bonds. The van der Waals surface area contributed by atoms with Gasteiger partial charge in [-0.2, -0.15) is 0 Å². The second kappa shape index (κ2) is 19.4. The first-order valence-corrected chi connectivity index (χ1v) is 21.7. The van der Waals surface area contributed by atoms with Crippen molar-refractivity contribution in [1.82, 2.24) is 30.8 Å². The van der Waals surface area contributed by atoms with E-state index in [-0.39, 0.29) is 49.6 Å². The molecule has 0 bridgehead atoms. The number of hydrogen-bond donors (Lipinski definition) is 6. The van der Waals surface area contributed by atoms with E-state index in [9.17, 15) is 33.5 Å². The van der Waals surface area contributed by atoms with Gasteiger partial charge in [-0.15, -0.1) is 11.3 Å². The Kier molecular flexibility index (Phi) is 14.2. The predicted octanol–water partition coefficient (Wildman–Crippen LogP) is 6.57. The average molecular weight is 854 g/mol. The largest absolute Gasteiger partial charge is 0.391 e. The summed E-state index contributed by atoms with van der Waals surface area (Å²) in [5, 5.41) is 22.1. The van der Waals surface area contributed by atoms with Gasteiger partial charge in [0.15, 0.2) is 0 Å². The molecule has 4 heterocycles. The summed E-state index contributed by atoms with van der Waals surface area (Å²) >= 11 is 1.57. The zero-order chi connectivity index (χ0) is 44.0. The van der Waals surface area contributed by atoms with Gasteiger partial charge in [0.2, 0.25) is 17.7 Å². The molecule has 6 N–H and O–H groups in total. The number of nitrogens with one attached hydrogen (secondary N) is 5. The maximum absolute atomic E-state index is 14.0. The first-order chi connectivity index (χ1) is 29.0. The summed E-state index contributed by atoms with van der Waals surface area (Å²) in [5.74, 6) is -2.01. The molecule has 1 fully saturated rings. The van der Waals surface area contributed by atoms with Crippen LogP contribution in [0, 0.1) is 32.0 Å². The minimum atomic E-state index is -0.893. The Morgan fingerprint density at radius 2 is 1.74 bits per heavy atom. The number of carbonyl (C=O) groups is 5. The molecule has 324 valence electrons. The van der Waals surface area contributed by atoms with E-state index in [0.717, 1.165) is 47.4 Å². The highest BCUT2D eigenvalue weighted by atomic mass is 32.1. The Hall–Kier alpha value is -5.67. The summed E-state index contributed by atoms with van der Waals surface area (Å²) in [5.41, 5.74) is 7.86.